The summed E-state index contributed by atoms with van der Waals surface area (Å²) in [6.07, 6.45) is 2.04. The predicted octanol–water partition coefficient (Wildman–Crippen LogP) is 1.23. The highest BCUT2D eigenvalue weighted by molar-refractivity contribution is 5.80. The molecule has 1 heterocycles. The largest absolute Gasteiger partial charge is 0.354 e. The molecule has 106 valence electrons. The molecule has 1 aromatic heterocycles. The molecule has 0 aliphatic heterocycles. The number of nitrogens with zero attached hydrogens (tertiary/aromatic N) is 4. The normalized spacial score (nSPS) is 12.3. The van der Waals surface area contributed by atoms with Gasteiger partial charge in [-0.15, -0.1) is 5.10 Å². The summed E-state index contributed by atoms with van der Waals surface area (Å²) in [5, 5.41) is 14.0. The molecule has 1 atom stereocenters. The summed E-state index contributed by atoms with van der Waals surface area (Å²) in [5.74, 6) is 0.347. The Kier molecular flexibility index (Phi) is 4.81. The van der Waals surface area contributed by atoms with Gasteiger partial charge in [-0.3, -0.25) is 4.79 Å². The van der Waals surface area contributed by atoms with Crippen LogP contribution in [-0.4, -0.2) is 32.7 Å². The fourth-order valence-electron chi connectivity index (χ4n) is 1.88. The molecule has 1 N–H and O–H groups in total. The number of amides is 1. The lowest BCUT2D eigenvalue weighted by Crippen LogP contribution is -2.36. The van der Waals surface area contributed by atoms with Crippen LogP contribution in [0.5, 0.6) is 0 Å². The molecule has 0 saturated carbocycles. The number of nitrogens with one attached hydrogen (secondary N) is 1. The van der Waals surface area contributed by atoms with Gasteiger partial charge in [0.1, 0.15) is 12.4 Å². The minimum Gasteiger partial charge on any atom is -0.354 e. The quantitative estimate of drug-likeness (QED) is 0.859. The molecule has 0 fully saturated rings. The van der Waals surface area contributed by atoms with Gasteiger partial charge < -0.3 is 5.32 Å². The predicted molar refractivity (Wildman–Crippen MR) is 74.8 cm³/mol. The van der Waals surface area contributed by atoms with E-state index < -0.39 is 6.04 Å². The van der Waals surface area contributed by atoms with Crippen molar-refractivity contribution >= 4 is 5.91 Å². The number of aromatic nitrogens is 4. The number of rotatable bonds is 6. The maximum absolute atomic E-state index is 12.3. The lowest BCUT2D eigenvalue weighted by atomic mass is 10.1. The van der Waals surface area contributed by atoms with Crippen LogP contribution < -0.4 is 5.32 Å². The van der Waals surface area contributed by atoms with E-state index in [9.17, 15) is 4.79 Å². The third-order valence-corrected chi connectivity index (χ3v) is 2.94. The zero-order valence-corrected chi connectivity index (χ0v) is 11.7. The van der Waals surface area contributed by atoms with Crippen LogP contribution in [0, 0.1) is 5.92 Å². The van der Waals surface area contributed by atoms with E-state index >= 15 is 0 Å². The third-order valence-electron chi connectivity index (χ3n) is 2.94. The average Bonchev–Trinajstić information content (AvgIpc) is 2.97. The van der Waals surface area contributed by atoms with Gasteiger partial charge in [0, 0.05) is 13.0 Å². The van der Waals surface area contributed by atoms with E-state index in [0.29, 0.717) is 18.9 Å². The van der Waals surface area contributed by atoms with Crippen LogP contribution in [0.1, 0.15) is 25.5 Å². The van der Waals surface area contributed by atoms with Gasteiger partial charge in [-0.1, -0.05) is 44.2 Å². The van der Waals surface area contributed by atoms with Crippen molar-refractivity contribution < 1.29 is 4.79 Å². The van der Waals surface area contributed by atoms with E-state index in [1.165, 1.54) is 11.0 Å². The maximum atomic E-state index is 12.3. The van der Waals surface area contributed by atoms with Crippen LogP contribution in [0.4, 0.5) is 0 Å². The minimum absolute atomic E-state index is 0.0603. The van der Waals surface area contributed by atoms with Gasteiger partial charge in [0.2, 0.25) is 5.91 Å². The van der Waals surface area contributed by atoms with Gasteiger partial charge in [0.05, 0.1) is 0 Å². The topological polar surface area (TPSA) is 72.7 Å². The van der Waals surface area contributed by atoms with E-state index in [4.69, 9.17) is 0 Å². The Hall–Kier alpha value is -2.24. The van der Waals surface area contributed by atoms with Gasteiger partial charge in [-0.2, -0.15) is 0 Å². The molecular weight excluding hydrogens is 254 g/mol. The monoisotopic (exact) mass is 273 g/mol. The standard InChI is InChI=1S/C14H19N5O/c1-11(2)9-15-14(20)13(19-10-16-17-18-19)8-12-6-4-3-5-7-12/h3-7,10-11,13H,8-9H2,1-2H3,(H,15,20). The Morgan fingerprint density at radius 1 is 1.30 bits per heavy atom. The molecule has 6 heteroatoms. The molecule has 0 bridgehead atoms. The summed E-state index contributed by atoms with van der Waals surface area (Å²) in [7, 11) is 0. The average molecular weight is 273 g/mol. The first-order valence-electron chi connectivity index (χ1n) is 6.71. The number of hydrogen-bond acceptors (Lipinski definition) is 4. The number of carbonyl (C=O) groups is 1. The van der Waals surface area contributed by atoms with Gasteiger partial charge in [-0.25, -0.2) is 4.68 Å². The van der Waals surface area contributed by atoms with Gasteiger partial charge in [0.25, 0.3) is 0 Å². The van der Waals surface area contributed by atoms with Crippen molar-refractivity contribution in [1.82, 2.24) is 25.5 Å². The second kappa shape index (κ2) is 6.79. The lowest BCUT2D eigenvalue weighted by Gasteiger charge is -2.17. The molecule has 1 amide bonds. The second-order valence-electron chi connectivity index (χ2n) is 5.13. The van der Waals surface area contributed by atoms with Gasteiger partial charge in [-0.05, 0) is 21.9 Å². The lowest BCUT2D eigenvalue weighted by molar-refractivity contribution is -0.124. The SMILES string of the molecule is CC(C)CNC(=O)C(Cc1ccccc1)n1cnnn1. The highest BCUT2D eigenvalue weighted by Gasteiger charge is 2.22. The first-order valence-corrected chi connectivity index (χ1v) is 6.71. The van der Waals surface area contributed by atoms with Crippen molar-refractivity contribution in [2.24, 2.45) is 5.92 Å². The van der Waals surface area contributed by atoms with E-state index in [2.05, 4.69) is 34.7 Å². The molecule has 6 nitrogen and oxygen atoms in total. The Bertz CT molecular complexity index is 524. The molecule has 2 rings (SSSR count). The van der Waals surface area contributed by atoms with E-state index in [1.54, 1.807) is 0 Å². The second-order valence-corrected chi connectivity index (χ2v) is 5.13. The fraction of sp³-hybridized carbons (Fsp3) is 0.429. The van der Waals surface area contributed by atoms with Gasteiger partial charge in [0.15, 0.2) is 0 Å². The summed E-state index contributed by atoms with van der Waals surface area (Å²) in [5.41, 5.74) is 1.08. The molecular formula is C14H19N5O. The molecule has 20 heavy (non-hydrogen) atoms. The zero-order valence-electron chi connectivity index (χ0n) is 11.7. The first kappa shape index (κ1) is 14.2. The van der Waals surface area contributed by atoms with Crippen LogP contribution in [0.15, 0.2) is 36.7 Å². The Labute approximate surface area is 118 Å². The smallest absolute Gasteiger partial charge is 0.245 e. The molecule has 0 spiro atoms. The van der Waals surface area contributed by atoms with Crippen LogP contribution in [0.3, 0.4) is 0 Å². The third kappa shape index (κ3) is 3.88. The summed E-state index contributed by atoms with van der Waals surface area (Å²) in [6, 6.07) is 9.43. The molecule has 0 saturated heterocycles. The van der Waals surface area contributed by atoms with E-state index in [1.807, 2.05) is 30.3 Å². The van der Waals surface area contributed by atoms with Crippen LogP contribution in [0.2, 0.25) is 0 Å². The van der Waals surface area contributed by atoms with E-state index in [-0.39, 0.29) is 5.91 Å². The number of hydrogen-bond donors (Lipinski definition) is 1. The van der Waals surface area contributed by atoms with Crippen molar-refractivity contribution in [2.75, 3.05) is 6.54 Å². The van der Waals surface area contributed by atoms with Crippen molar-refractivity contribution in [3.8, 4) is 0 Å². The highest BCUT2D eigenvalue weighted by Crippen LogP contribution is 2.13. The number of tetrazole rings is 1. The molecule has 0 aliphatic carbocycles. The summed E-state index contributed by atoms with van der Waals surface area (Å²) in [4.78, 5) is 12.3. The van der Waals surface area contributed by atoms with E-state index in [0.717, 1.165) is 5.56 Å². The molecule has 2 aromatic rings. The van der Waals surface area contributed by atoms with Crippen molar-refractivity contribution in [3.63, 3.8) is 0 Å². The van der Waals surface area contributed by atoms with Crippen molar-refractivity contribution in [3.05, 3.63) is 42.2 Å². The van der Waals surface area contributed by atoms with Crippen LogP contribution >= 0.6 is 0 Å². The van der Waals surface area contributed by atoms with Crippen LogP contribution in [0.25, 0.3) is 0 Å². The van der Waals surface area contributed by atoms with Gasteiger partial charge >= 0.3 is 0 Å². The molecule has 1 unspecified atom stereocenters. The summed E-state index contributed by atoms with van der Waals surface area (Å²) in [6.45, 7) is 4.76. The first-order chi connectivity index (χ1) is 9.66. The molecule has 1 aromatic carbocycles. The number of benzene rings is 1. The highest BCUT2D eigenvalue weighted by atomic mass is 16.2. The minimum atomic E-state index is -0.425. The van der Waals surface area contributed by atoms with Crippen molar-refractivity contribution in [2.45, 2.75) is 26.3 Å². The Morgan fingerprint density at radius 3 is 2.65 bits per heavy atom. The van der Waals surface area contributed by atoms with Crippen molar-refractivity contribution in [1.29, 1.82) is 0 Å². The maximum Gasteiger partial charge on any atom is 0.245 e. The fourth-order valence-corrected chi connectivity index (χ4v) is 1.88. The molecule has 0 radical (unpaired) electrons. The van der Waals surface area contributed by atoms with Crippen LogP contribution in [-0.2, 0) is 11.2 Å². The summed E-state index contributed by atoms with van der Waals surface area (Å²) >= 11 is 0. The Balaban J connectivity index is 2.11. The molecule has 0 aliphatic rings. The Morgan fingerprint density at radius 2 is 2.05 bits per heavy atom. The zero-order chi connectivity index (χ0) is 14.4. The number of carbonyl (C=O) groups excluding carboxylic acids is 1. The summed E-state index contributed by atoms with van der Waals surface area (Å²) < 4.78 is 1.50.